The lowest BCUT2D eigenvalue weighted by atomic mass is 10.1. The summed E-state index contributed by atoms with van der Waals surface area (Å²) in [6.07, 6.45) is 7.66. The normalized spacial score (nSPS) is 12.4. The van der Waals surface area contributed by atoms with Crippen LogP contribution in [-0.4, -0.2) is 7.05 Å². The highest BCUT2D eigenvalue weighted by molar-refractivity contribution is 5.17. The molecule has 0 saturated heterocycles. The van der Waals surface area contributed by atoms with E-state index in [0.29, 0.717) is 6.42 Å². The third kappa shape index (κ3) is 1.90. The van der Waals surface area contributed by atoms with Crippen LogP contribution in [0.15, 0.2) is 16.7 Å². The summed E-state index contributed by atoms with van der Waals surface area (Å²) in [5.74, 6) is 3.54. The number of aryl methyl sites for hydroxylation is 1. The minimum atomic E-state index is 0.215. The molecular weight excluding hydrogens is 150 g/mol. The first-order chi connectivity index (χ1) is 5.77. The smallest absolute Gasteiger partial charge is 0.101 e. The summed E-state index contributed by atoms with van der Waals surface area (Å²) in [6, 6.07) is 2.21. The first-order valence-electron chi connectivity index (χ1n) is 3.93. The van der Waals surface area contributed by atoms with E-state index in [-0.39, 0.29) is 6.04 Å². The molecule has 0 amide bonds. The van der Waals surface area contributed by atoms with Gasteiger partial charge in [0, 0.05) is 18.0 Å². The van der Waals surface area contributed by atoms with Gasteiger partial charge < -0.3 is 9.73 Å². The average Bonchev–Trinajstić information content (AvgIpc) is 2.47. The highest BCUT2D eigenvalue weighted by Gasteiger charge is 2.09. The van der Waals surface area contributed by atoms with Gasteiger partial charge in [-0.15, -0.1) is 12.3 Å². The number of hydrogen-bond donors (Lipinski definition) is 1. The molecule has 0 radical (unpaired) electrons. The zero-order valence-electron chi connectivity index (χ0n) is 7.42. The van der Waals surface area contributed by atoms with Gasteiger partial charge in [-0.3, -0.25) is 0 Å². The van der Waals surface area contributed by atoms with Crippen LogP contribution in [0.25, 0.3) is 0 Å². The van der Waals surface area contributed by atoms with Crippen LogP contribution in [0.5, 0.6) is 0 Å². The molecule has 1 aromatic rings. The molecule has 1 heterocycles. The average molecular weight is 163 g/mol. The second-order valence-corrected chi connectivity index (χ2v) is 2.74. The molecule has 0 fully saturated rings. The maximum absolute atomic E-state index is 5.23. The number of furan rings is 1. The second-order valence-electron chi connectivity index (χ2n) is 2.74. The fraction of sp³-hybridized carbons (Fsp3) is 0.400. The van der Waals surface area contributed by atoms with Crippen LogP contribution >= 0.6 is 0 Å². The number of terminal acetylenes is 1. The van der Waals surface area contributed by atoms with Gasteiger partial charge in [0.25, 0.3) is 0 Å². The summed E-state index contributed by atoms with van der Waals surface area (Å²) in [5.41, 5.74) is 1.12. The standard InChI is InChI=1S/C10H13NO/c1-4-5-10(11-3)9-6-8(2)12-7-9/h1,6-7,10-11H,5H2,2-3H3. The third-order valence-corrected chi connectivity index (χ3v) is 1.82. The van der Waals surface area contributed by atoms with Gasteiger partial charge in [-0.2, -0.15) is 0 Å². The Morgan fingerprint density at radius 3 is 2.92 bits per heavy atom. The SMILES string of the molecule is C#CCC(NC)c1coc(C)c1. The lowest BCUT2D eigenvalue weighted by Crippen LogP contribution is -2.14. The topological polar surface area (TPSA) is 25.2 Å². The van der Waals surface area contributed by atoms with Gasteiger partial charge in [0.15, 0.2) is 0 Å². The molecule has 1 rings (SSSR count). The molecule has 0 bridgehead atoms. The van der Waals surface area contributed by atoms with Crippen molar-refractivity contribution >= 4 is 0 Å². The van der Waals surface area contributed by atoms with Gasteiger partial charge in [0.1, 0.15) is 5.76 Å². The fourth-order valence-electron chi connectivity index (χ4n) is 1.15. The largest absolute Gasteiger partial charge is 0.469 e. The molecule has 1 aromatic heterocycles. The molecule has 0 aliphatic carbocycles. The van der Waals surface area contributed by atoms with Gasteiger partial charge >= 0.3 is 0 Å². The zero-order chi connectivity index (χ0) is 8.97. The molecule has 1 atom stereocenters. The van der Waals surface area contributed by atoms with E-state index < -0.39 is 0 Å². The Bertz CT molecular complexity index is 282. The summed E-state index contributed by atoms with van der Waals surface area (Å²) in [7, 11) is 1.89. The molecule has 0 spiro atoms. The van der Waals surface area contributed by atoms with Crippen molar-refractivity contribution in [3.8, 4) is 12.3 Å². The minimum Gasteiger partial charge on any atom is -0.469 e. The summed E-state index contributed by atoms with van der Waals surface area (Å²) in [4.78, 5) is 0. The van der Waals surface area contributed by atoms with Crippen LogP contribution < -0.4 is 5.32 Å². The molecular formula is C10H13NO. The van der Waals surface area contributed by atoms with Gasteiger partial charge in [-0.25, -0.2) is 0 Å². The van der Waals surface area contributed by atoms with E-state index in [1.54, 1.807) is 6.26 Å². The van der Waals surface area contributed by atoms with E-state index in [9.17, 15) is 0 Å². The quantitative estimate of drug-likeness (QED) is 0.688. The van der Waals surface area contributed by atoms with E-state index in [0.717, 1.165) is 11.3 Å². The lowest BCUT2D eigenvalue weighted by molar-refractivity contribution is 0.522. The Labute approximate surface area is 73.0 Å². The van der Waals surface area contributed by atoms with Crippen LogP contribution in [0, 0.1) is 19.3 Å². The van der Waals surface area contributed by atoms with Crippen molar-refractivity contribution in [2.45, 2.75) is 19.4 Å². The van der Waals surface area contributed by atoms with Crippen molar-refractivity contribution in [1.82, 2.24) is 5.32 Å². The van der Waals surface area contributed by atoms with Crippen LogP contribution in [-0.2, 0) is 0 Å². The predicted molar refractivity (Wildman–Crippen MR) is 48.7 cm³/mol. The van der Waals surface area contributed by atoms with Gasteiger partial charge in [0.2, 0.25) is 0 Å². The van der Waals surface area contributed by atoms with Crippen LogP contribution in [0.3, 0.4) is 0 Å². The maximum Gasteiger partial charge on any atom is 0.101 e. The Balaban J connectivity index is 2.74. The molecule has 0 aromatic carbocycles. The van der Waals surface area contributed by atoms with Gasteiger partial charge in [0.05, 0.1) is 6.26 Å². The Kier molecular flexibility index (Phi) is 2.95. The number of nitrogens with one attached hydrogen (secondary N) is 1. The van der Waals surface area contributed by atoms with Gasteiger partial charge in [-0.1, -0.05) is 0 Å². The number of rotatable bonds is 3. The monoisotopic (exact) mass is 163 g/mol. The van der Waals surface area contributed by atoms with Crippen LogP contribution in [0.2, 0.25) is 0 Å². The molecule has 1 N–H and O–H groups in total. The highest BCUT2D eigenvalue weighted by atomic mass is 16.3. The van der Waals surface area contributed by atoms with E-state index in [2.05, 4.69) is 11.2 Å². The summed E-state index contributed by atoms with van der Waals surface area (Å²) in [5, 5.41) is 3.13. The first kappa shape index (κ1) is 8.89. The summed E-state index contributed by atoms with van der Waals surface area (Å²) < 4.78 is 5.19. The lowest BCUT2D eigenvalue weighted by Gasteiger charge is -2.09. The van der Waals surface area contributed by atoms with Gasteiger partial charge in [-0.05, 0) is 20.0 Å². The van der Waals surface area contributed by atoms with Crippen molar-refractivity contribution in [3.05, 3.63) is 23.7 Å². The van der Waals surface area contributed by atoms with Crippen molar-refractivity contribution < 1.29 is 4.42 Å². The van der Waals surface area contributed by atoms with E-state index in [1.165, 1.54) is 0 Å². The Morgan fingerprint density at radius 1 is 1.75 bits per heavy atom. The molecule has 1 unspecified atom stereocenters. The Hall–Kier alpha value is -1.20. The van der Waals surface area contributed by atoms with Crippen molar-refractivity contribution in [3.63, 3.8) is 0 Å². The zero-order valence-corrected chi connectivity index (χ0v) is 7.42. The first-order valence-corrected chi connectivity index (χ1v) is 3.93. The maximum atomic E-state index is 5.23. The summed E-state index contributed by atoms with van der Waals surface area (Å²) >= 11 is 0. The predicted octanol–water partition coefficient (Wildman–Crippen LogP) is 1.87. The number of hydrogen-bond acceptors (Lipinski definition) is 2. The van der Waals surface area contributed by atoms with E-state index in [4.69, 9.17) is 10.8 Å². The molecule has 64 valence electrons. The second kappa shape index (κ2) is 3.99. The van der Waals surface area contributed by atoms with Crippen molar-refractivity contribution in [2.75, 3.05) is 7.05 Å². The molecule has 0 aliphatic rings. The molecule has 0 aliphatic heterocycles. The van der Waals surface area contributed by atoms with Crippen molar-refractivity contribution in [2.24, 2.45) is 0 Å². The molecule has 2 heteroatoms. The van der Waals surface area contributed by atoms with Crippen molar-refractivity contribution in [1.29, 1.82) is 0 Å². The third-order valence-electron chi connectivity index (χ3n) is 1.82. The molecule has 0 saturated carbocycles. The van der Waals surface area contributed by atoms with E-state index in [1.807, 2.05) is 20.0 Å². The fourth-order valence-corrected chi connectivity index (χ4v) is 1.15. The van der Waals surface area contributed by atoms with E-state index >= 15 is 0 Å². The van der Waals surface area contributed by atoms with Crippen LogP contribution in [0.1, 0.15) is 23.8 Å². The molecule has 12 heavy (non-hydrogen) atoms. The molecule has 2 nitrogen and oxygen atoms in total. The Morgan fingerprint density at radius 2 is 2.50 bits per heavy atom. The highest BCUT2D eigenvalue weighted by Crippen LogP contribution is 2.18. The van der Waals surface area contributed by atoms with Crippen LogP contribution in [0.4, 0.5) is 0 Å². The summed E-state index contributed by atoms with van der Waals surface area (Å²) in [6.45, 7) is 1.92. The minimum absolute atomic E-state index is 0.215.